The summed E-state index contributed by atoms with van der Waals surface area (Å²) < 4.78 is 0. The van der Waals surface area contributed by atoms with E-state index in [0.717, 1.165) is 25.9 Å². The van der Waals surface area contributed by atoms with E-state index in [9.17, 15) is 4.79 Å². The fourth-order valence-electron chi connectivity index (χ4n) is 2.02. The van der Waals surface area contributed by atoms with Crippen LogP contribution >= 0.6 is 12.2 Å². The lowest BCUT2D eigenvalue weighted by Gasteiger charge is -2.23. The van der Waals surface area contributed by atoms with Gasteiger partial charge >= 0.3 is 0 Å². The van der Waals surface area contributed by atoms with Gasteiger partial charge in [0.15, 0.2) is 5.11 Å². The van der Waals surface area contributed by atoms with Gasteiger partial charge < -0.3 is 4.90 Å². The first-order valence-electron chi connectivity index (χ1n) is 6.53. The summed E-state index contributed by atoms with van der Waals surface area (Å²) in [5, 5.41) is 0.575. The van der Waals surface area contributed by atoms with Crippen LogP contribution in [0.3, 0.4) is 0 Å². The maximum absolute atomic E-state index is 11.8. The fourth-order valence-corrected chi connectivity index (χ4v) is 2.26. The van der Waals surface area contributed by atoms with E-state index in [1.54, 1.807) is 24.4 Å². The predicted octanol–water partition coefficient (Wildman–Crippen LogP) is 1.48. The summed E-state index contributed by atoms with van der Waals surface area (Å²) in [4.78, 5) is 17.9. The molecule has 0 bridgehead atoms. The Morgan fingerprint density at radius 2 is 1.89 bits per heavy atom. The maximum atomic E-state index is 11.8. The highest BCUT2D eigenvalue weighted by Crippen LogP contribution is 2.09. The van der Waals surface area contributed by atoms with Crippen molar-refractivity contribution in [3.63, 3.8) is 0 Å². The molecule has 0 saturated carbocycles. The van der Waals surface area contributed by atoms with Gasteiger partial charge in [-0.15, -0.1) is 0 Å². The number of pyridine rings is 1. The van der Waals surface area contributed by atoms with Crippen LogP contribution in [0.5, 0.6) is 0 Å². The van der Waals surface area contributed by atoms with Crippen LogP contribution in [0.15, 0.2) is 24.4 Å². The van der Waals surface area contributed by atoms with Crippen molar-refractivity contribution in [2.75, 3.05) is 13.1 Å². The van der Waals surface area contributed by atoms with Crippen molar-refractivity contribution in [3.8, 4) is 0 Å². The van der Waals surface area contributed by atoms with E-state index >= 15 is 0 Å². The number of hydrogen-bond acceptors (Lipinski definition) is 3. The number of amides is 1. The zero-order valence-corrected chi connectivity index (χ0v) is 11.6. The van der Waals surface area contributed by atoms with Gasteiger partial charge in [0.05, 0.1) is 0 Å². The van der Waals surface area contributed by atoms with E-state index in [-0.39, 0.29) is 5.91 Å². The minimum atomic E-state index is -0.280. The number of nitrogens with one attached hydrogen (secondary N) is 2. The zero-order valence-electron chi connectivity index (χ0n) is 10.8. The van der Waals surface area contributed by atoms with E-state index < -0.39 is 0 Å². The Hall–Kier alpha value is -1.69. The van der Waals surface area contributed by atoms with Gasteiger partial charge in [-0.25, -0.2) is 0 Å². The minimum Gasteiger partial charge on any atom is -0.348 e. The molecule has 1 aromatic heterocycles. The topological polar surface area (TPSA) is 57.3 Å². The lowest BCUT2D eigenvalue weighted by Crippen LogP contribution is -2.49. The first-order valence-corrected chi connectivity index (χ1v) is 6.94. The molecule has 0 unspecified atom stereocenters. The monoisotopic (exact) mass is 278 g/mol. The van der Waals surface area contributed by atoms with Gasteiger partial charge in [0.1, 0.15) is 5.69 Å². The van der Waals surface area contributed by atoms with Crippen molar-refractivity contribution in [1.82, 2.24) is 20.7 Å². The van der Waals surface area contributed by atoms with E-state index in [0.29, 0.717) is 10.8 Å². The first kappa shape index (κ1) is 13.7. The number of aromatic nitrogens is 1. The van der Waals surface area contributed by atoms with Crippen LogP contribution in [0.25, 0.3) is 0 Å². The number of rotatable bonds is 1. The molecule has 2 N–H and O–H groups in total. The van der Waals surface area contributed by atoms with Gasteiger partial charge in [-0.2, -0.15) is 0 Å². The number of hydrazine groups is 1. The fraction of sp³-hybridized carbons (Fsp3) is 0.462. The van der Waals surface area contributed by atoms with E-state index in [4.69, 9.17) is 12.2 Å². The number of carbonyl (C=O) groups excluding carboxylic acids is 1. The van der Waals surface area contributed by atoms with Crippen molar-refractivity contribution < 1.29 is 4.79 Å². The molecule has 1 aliphatic rings. The van der Waals surface area contributed by atoms with Crippen molar-refractivity contribution in [2.45, 2.75) is 25.7 Å². The van der Waals surface area contributed by atoms with Gasteiger partial charge in [-0.05, 0) is 37.2 Å². The quantitative estimate of drug-likeness (QED) is 0.602. The van der Waals surface area contributed by atoms with Crippen molar-refractivity contribution in [3.05, 3.63) is 30.1 Å². The summed E-state index contributed by atoms with van der Waals surface area (Å²) in [5.41, 5.74) is 5.75. The average Bonchev–Trinajstić information content (AvgIpc) is 2.74. The molecule has 1 aliphatic heterocycles. The average molecular weight is 278 g/mol. The molecule has 0 atom stereocenters. The largest absolute Gasteiger partial charge is 0.348 e. The molecule has 0 aliphatic carbocycles. The summed E-state index contributed by atoms with van der Waals surface area (Å²) in [6.07, 6.45) is 6.38. The highest BCUT2D eigenvalue weighted by molar-refractivity contribution is 7.80. The molecule has 19 heavy (non-hydrogen) atoms. The number of likely N-dealkylation sites (tertiary alicyclic amines) is 1. The van der Waals surface area contributed by atoms with Crippen molar-refractivity contribution >= 4 is 23.2 Å². The van der Waals surface area contributed by atoms with E-state index in [2.05, 4.69) is 20.7 Å². The summed E-state index contributed by atoms with van der Waals surface area (Å²) in [6, 6.07) is 5.20. The van der Waals surface area contributed by atoms with E-state index in [1.165, 1.54) is 12.8 Å². The molecule has 2 heterocycles. The number of carbonyl (C=O) groups is 1. The molecule has 0 spiro atoms. The Kier molecular flexibility index (Phi) is 5.09. The number of nitrogens with zero attached hydrogens (tertiary/aromatic N) is 2. The van der Waals surface area contributed by atoms with Crippen molar-refractivity contribution in [1.29, 1.82) is 0 Å². The van der Waals surface area contributed by atoms with Crippen molar-refractivity contribution in [2.24, 2.45) is 0 Å². The molecular weight excluding hydrogens is 260 g/mol. The summed E-state index contributed by atoms with van der Waals surface area (Å²) >= 11 is 5.28. The Labute approximate surface area is 118 Å². The Morgan fingerprint density at radius 1 is 1.16 bits per heavy atom. The smallest absolute Gasteiger partial charge is 0.288 e. The Bertz CT molecular complexity index is 430. The molecule has 6 heteroatoms. The van der Waals surface area contributed by atoms with Gasteiger partial charge in [0, 0.05) is 19.3 Å². The third-order valence-corrected chi connectivity index (χ3v) is 3.43. The lowest BCUT2D eigenvalue weighted by atomic mass is 10.2. The molecule has 0 aromatic carbocycles. The van der Waals surface area contributed by atoms with E-state index in [1.807, 2.05) is 0 Å². The molecule has 5 nitrogen and oxygen atoms in total. The second-order valence-electron chi connectivity index (χ2n) is 4.50. The molecule has 2 rings (SSSR count). The predicted molar refractivity (Wildman–Crippen MR) is 77.5 cm³/mol. The SMILES string of the molecule is O=C(NNC(=S)N1CCCCCC1)c1ccccn1. The summed E-state index contributed by atoms with van der Waals surface area (Å²) in [7, 11) is 0. The highest BCUT2D eigenvalue weighted by atomic mass is 32.1. The van der Waals surface area contributed by atoms with Gasteiger partial charge in [-0.3, -0.25) is 20.6 Å². The van der Waals surface area contributed by atoms with Gasteiger partial charge in [0.2, 0.25) is 0 Å². The standard InChI is InChI=1S/C13H18N4OS/c18-12(11-7-3-4-8-14-11)15-16-13(19)17-9-5-1-2-6-10-17/h3-4,7-8H,1-2,5-6,9-10H2,(H,15,18)(H,16,19). The third kappa shape index (κ3) is 4.17. The van der Waals surface area contributed by atoms with Crippen LogP contribution in [-0.4, -0.2) is 34.0 Å². The summed E-state index contributed by atoms with van der Waals surface area (Å²) in [6.45, 7) is 1.90. The second kappa shape index (κ2) is 7.04. The highest BCUT2D eigenvalue weighted by Gasteiger charge is 2.13. The normalized spacial score (nSPS) is 15.5. The molecule has 1 amide bonds. The Morgan fingerprint density at radius 3 is 2.53 bits per heavy atom. The number of thiocarbonyl (C=S) groups is 1. The van der Waals surface area contributed by atoms with Crippen LogP contribution in [-0.2, 0) is 0 Å². The zero-order chi connectivity index (χ0) is 13.5. The molecule has 0 radical (unpaired) electrons. The molecule has 1 fully saturated rings. The van der Waals surface area contributed by atoms with Crippen LogP contribution in [0.1, 0.15) is 36.2 Å². The van der Waals surface area contributed by atoms with Gasteiger partial charge in [-0.1, -0.05) is 18.9 Å². The van der Waals surface area contributed by atoms with Crippen LogP contribution in [0.4, 0.5) is 0 Å². The molecular formula is C13H18N4OS. The third-order valence-electron chi connectivity index (χ3n) is 3.07. The summed E-state index contributed by atoms with van der Waals surface area (Å²) in [5.74, 6) is -0.280. The van der Waals surface area contributed by atoms with Crippen LogP contribution < -0.4 is 10.9 Å². The van der Waals surface area contributed by atoms with Crippen LogP contribution in [0, 0.1) is 0 Å². The minimum absolute atomic E-state index is 0.280. The Balaban J connectivity index is 1.81. The lowest BCUT2D eigenvalue weighted by molar-refractivity contribution is 0.0937. The van der Waals surface area contributed by atoms with Crippen LogP contribution in [0.2, 0.25) is 0 Å². The van der Waals surface area contributed by atoms with Gasteiger partial charge in [0.25, 0.3) is 5.91 Å². The second-order valence-corrected chi connectivity index (χ2v) is 4.89. The maximum Gasteiger partial charge on any atom is 0.288 e. The molecule has 102 valence electrons. The number of hydrogen-bond donors (Lipinski definition) is 2. The first-order chi connectivity index (χ1) is 9.27. The molecule has 1 saturated heterocycles. The molecule has 1 aromatic rings.